The van der Waals surface area contributed by atoms with Crippen LogP contribution in [0.15, 0.2) is 83.8 Å². The highest BCUT2D eigenvalue weighted by molar-refractivity contribution is 7.89. The van der Waals surface area contributed by atoms with Crippen LogP contribution in [-0.2, 0) is 21.4 Å². The van der Waals surface area contributed by atoms with Crippen molar-refractivity contribution in [1.82, 2.24) is 4.31 Å². The molecule has 0 radical (unpaired) electrons. The molecule has 0 aliphatic heterocycles. The zero-order chi connectivity index (χ0) is 20.9. The number of anilines is 1. The molecule has 0 bridgehead atoms. The Kier molecular flexibility index (Phi) is 6.41. The highest BCUT2D eigenvalue weighted by Gasteiger charge is 2.27. The number of hydrogen-bond acceptors (Lipinski definition) is 3. The third-order valence-corrected chi connectivity index (χ3v) is 6.08. The molecule has 0 unspecified atom stereocenters. The number of halogens is 1. The Balaban J connectivity index is 1.86. The number of nitrogens with zero attached hydrogens (tertiary/aromatic N) is 1. The van der Waals surface area contributed by atoms with Crippen molar-refractivity contribution in [2.75, 3.05) is 11.9 Å². The summed E-state index contributed by atoms with van der Waals surface area (Å²) in [6.45, 7) is 1.54. The summed E-state index contributed by atoms with van der Waals surface area (Å²) in [5.74, 6) is -0.993. The highest BCUT2D eigenvalue weighted by Crippen LogP contribution is 2.19. The first kappa shape index (κ1) is 20.7. The maximum absolute atomic E-state index is 13.2. The van der Waals surface area contributed by atoms with Crippen LogP contribution < -0.4 is 5.32 Å². The minimum absolute atomic E-state index is 0.0157. The Morgan fingerprint density at radius 2 is 1.66 bits per heavy atom. The first-order valence-corrected chi connectivity index (χ1v) is 10.4. The van der Waals surface area contributed by atoms with Gasteiger partial charge < -0.3 is 5.32 Å². The molecule has 0 aliphatic carbocycles. The molecule has 29 heavy (non-hydrogen) atoms. The van der Waals surface area contributed by atoms with E-state index in [4.69, 9.17) is 0 Å². The summed E-state index contributed by atoms with van der Waals surface area (Å²) in [6, 6.07) is 20.8. The van der Waals surface area contributed by atoms with E-state index in [1.807, 2.05) is 25.1 Å². The molecule has 0 atom stereocenters. The molecule has 0 saturated carbocycles. The van der Waals surface area contributed by atoms with E-state index in [0.29, 0.717) is 5.69 Å². The predicted octanol–water partition coefficient (Wildman–Crippen LogP) is 3.96. The Hall–Kier alpha value is -3.03. The summed E-state index contributed by atoms with van der Waals surface area (Å²) >= 11 is 0. The van der Waals surface area contributed by atoms with Crippen LogP contribution in [0.4, 0.5) is 10.1 Å². The lowest BCUT2D eigenvalue weighted by Crippen LogP contribution is -2.37. The number of benzene rings is 3. The van der Waals surface area contributed by atoms with Gasteiger partial charge in [0.15, 0.2) is 0 Å². The molecule has 0 spiro atoms. The van der Waals surface area contributed by atoms with Gasteiger partial charge in [-0.25, -0.2) is 12.8 Å². The van der Waals surface area contributed by atoms with Crippen molar-refractivity contribution < 1.29 is 17.6 Å². The van der Waals surface area contributed by atoms with Crippen LogP contribution >= 0.6 is 0 Å². The van der Waals surface area contributed by atoms with E-state index >= 15 is 0 Å². The molecule has 7 heteroatoms. The third kappa shape index (κ3) is 5.49. The van der Waals surface area contributed by atoms with Crippen LogP contribution in [0.3, 0.4) is 0 Å². The summed E-state index contributed by atoms with van der Waals surface area (Å²) in [7, 11) is -4.01. The number of hydrogen-bond donors (Lipinski definition) is 1. The van der Waals surface area contributed by atoms with E-state index in [-0.39, 0.29) is 18.0 Å². The van der Waals surface area contributed by atoms with Crippen LogP contribution in [0.2, 0.25) is 0 Å². The minimum Gasteiger partial charge on any atom is -0.325 e. The Morgan fingerprint density at radius 1 is 0.966 bits per heavy atom. The summed E-state index contributed by atoms with van der Waals surface area (Å²) in [5, 5.41) is 2.73. The second-order valence-electron chi connectivity index (χ2n) is 6.63. The fourth-order valence-corrected chi connectivity index (χ4v) is 4.24. The van der Waals surface area contributed by atoms with Crippen LogP contribution in [-0.4, -0.2) is 25.2 Å². The molecule has 3 aromatic rings. The lowest BCUT2D eigenvalue weighted by atomic mass is 10.2. The van der Waals surface area contributed by atoms with E-state index in [9.17, 15) is 17.6 Å². The van der Waals surface area contributed by atoms with E-state index in [2.05, 4.69) is 5.32 Å². The van der Waals surface area contributed by atoms with E-state index in [0.717, 1.165) is 27.6 Å². The first-order chi connectivity index (χ1) is 13.8. The Labute approximate surface area is 169 Å². The van der Waals surface area contributed by atoms with Gasteiger partial charge in [0.05, 0.1) is 11.4 Å². The maximum Gasteiger partial charge on any atom is 0.243 e. The van der Waals surface area contributed by atoms with Crippen molar-refractivity contribution in [3.05, 3.63) is 95.8 Å². The number of carbonyl (C=O) groups is 1. The number of aryl methyl sites for hydroxylation is 1. The van der Waals surface area contributed by atoms with Crippen molar-refractivity contribution in [3.8, 4) is 0 Å². The van der Waals surface area contributed by atoms with Gasteiger partial charge in [0, 0.05) is 12.2 Å². The average molecular weight is 412 g/mol. The molecule has 3 aromatic carbocycles. The fourth-order valence-electron chi connectivity index (χ4n) is 2.85. The Bertz CT molecular complexity index is 1080. The molecule has 0 fully saturated rings. The number of nitrogens with one attached hydrogen (secondary N) is 1. The average Bonchev–Trinajstić information content (AvgIpc) is 2.68. The molecule has 1 N–H and O–H groups in total. The largest absolute Gasteiger partial charge is 0.325 e. The van der Waals surface area contributed by atoms with Crippen LogP contribution in [0, 0.1) is 12.7 Å². The number of amides is 1. The zero-order valence-corrected chi connectivity index (χ0v) is 16.7. The summed E-state index contributed by atoms with van der Waals surface area (Å²) in [4.78, 5) is 12.5. The fraction of sp³-hybridized carbons (Fsp3) is 0.136. The molecule has 5 nitrogen and oxygen atoms in total. The van der Waals surface area contributed by atoms with Gasteiger partial charge in [-0.05, 0) is 54.4 Å². The SMILES string of the molecule is Cc1cccc(NC(=O)CN(Cc2ccccc2)S(=O)(=O)c2ccc(F)cc2)c1. The summed E-state index contributed by atoms with van der Waals surface area (Å²) < 4.78 is 40.5. The van der Waals surface area contributed by atoms with Gasteiger partial charge in [0.25, 0.3) is 0 Å². The summed E-state index contributed by atoms with van der Waals surface area (Å²) in [5.41, 5.74) is 2.30. The summed E-state index contributed by atoms with van der Waals surface area (Å²) in [6.07, 6.45) is 0. The standard InChI is InChI=1S/C22H21FN2O3S/c1-17-6-5-9-20(14-17)24-22(26)16-25(15-18-7-3-2-4-8-18)29(27,28)21-12-10-19(23)11-13-21/h2-14H,15-16H2,1H3,(H,24,26). The zero-order valence-electron chi connectivity index (χ0n) is 15.9. The number of rotatable bonds is 7. The maximum atomic E-state index is 13.2. The van der Waals surface area contributed by atoms with Gasteiger partial charge in [-0.2, -0.15) is 4.31 Å². The minimum atomic E-state index is -4.01. The van der Waals surface area contributed by atoms with Gasteiger partial charge in [0.1, 0.15) is 5.82 Å². The molecule has 0 aliphatic rings. The van der Waals surface area contributed by atoms with E-state index < -0.39 is 21.7 Å². The van der Waals surface area contributed by atoms with Crippen LogP contribution in [0.25, 0.3) is 0 Å². The normalized spacial score (nSPS) is 11.4. The third-order valence-electron chi connectivity index (χ3n) is 4.27. The number of carbonyl (C=O) groups excluding carboxylic acids is 1. The predicted molar refractivity (Wildman–Crippen MR) is 110 cm³/mol. The van der Waals surface area contributed by atoms with Gasteiger partial charge in [-0.1, -0.05) is 42.5 Å². The molecular formula is C22H21FN2O3S. The molecular weight excluding hydrogens is 391 g/mol. The highest BCUT2D eigenvalue weighted by atomic mass is 32.2. The first-order valence-electron chi connectivity index (χ1n) is 9.01. The number of sulfonamides is 1. The monoisotopic (exact) mass is 412 g/mol. The topological polar surface area (TPSA) is 66.5 Å². The molecule has 0 aromatic heterocycles. The molecule has 1 amide bonds. The van der Waals surface area contributed by atoms with Crippen molar-refractivity contribution in [3.63, 3.8) is 0 Å². The second kappa shape index (κ2) is 8.98. The van der Waals surface area contributed by atoms with E-state index in [1.54, 1.807) is 36.4 Å². The Morgan fingerprint density at radius 3 is 2.31 bits per heavy atom. The molecule has 0 heterocycles. The van der Waals surface area contributed by atoms with Gasteiger partial charge in [-0.15, -0.1) is 0 Å². The smallest absolute Gasteiger partial charge is 0.243 e. The van der Waals surface area contributed by atoms with Gasteiger partial charge >= 0.3 is 0 Å². The van der Waals surface area contributed by atoms with Crippen LogP contribution in [0.5, 0.6) is 0 Å². The quantitative estimate of drug-likeness (QED) is 0.639. The van der Waals surface area contributed by atoms with Crippen molar-refractivity contribution >= 4 is 21.6 Å². The van der Waals surface area contributed by atoms with Crippen LogP contribution in [0.1, 0.15) is 11.1 Å². The lowest BCUT2D eigenvalue weighted by molar-refractivity contribution is -0.116. The van der Waals surface area contributed by atoms with Gasteiger partial charge in [-0.3, -0.25) is 4.79 Å². The van der Waals surface area contributed by atoms with Crippen molar-refractivity contribution in [2.24, 2.45) is 0 Å². The van der Waals surface area contributed by atoms with Gasteiger partial charge in [0.2, 0.25) is 15.9 Å². The lowest BCUT2D eigenvalue weighted by Gasteiger charge is -2.22. The van der Waals surface area contributed by atoms with Crippen molar-refractivity contribution in [1.29, 1.82) is 0 Å². The molecule has 3 rings (SSSR count). The van der Waals surface area contributed by atoms with E-state index in [1.165, 1.54) is 12.1 Å². The second-order valence-corrected chi connectivity index (χ2v) is 8.57. The molecule has 150 valence electrons. The molecule has 0 saturated heterocycles. The van der Waals surface area contributed by atoms with Crippen molar-refractivity contribution in [2.45, 2.75) is 18.4 Å².